The Morgan fingerprint density at radius 1 is 0.673 bits per heavy atom. The molecule has 0 bridgehead atoms. The summed E-state index contributed by atoms with van der Waals surface area (Å²) in [6.45, 7) is 8.93. The van der Waals surface area contributed by atoms with Gasteiger partial charge in [0.25, 0.3) is 5.56 Å². The smallest absolute Gasteiger partial charge is 0.278 e. The van der Waals surface area contributed by atoms with E-state index < -0.39 is 0 Å². The molecule has 0 radical (unpaired) electrons. The molecule has 0 saturated heterocycles. The highest BCUT2D eigenvalue weighted by atomic mass is 16.3. The summed E-state index contributed by atoms with van der Waals surface area (Å²) < 4.78 is 1.69. The Morgan fingerprint density at radius 2 is 1.20 bits per heavy atom. The molecule has 0 unspecified atom stereocenters. The first-order valence-electron chi connectivity index (χ1n) is 18.8. The monoisotopic (exact) mass is 659 g/mol. The molecule has 5 heteroatoms. The molecule has 0 aliphatic carbocycles. The lowest BCUT2D eigenvalue weighted by atomic mass is 9.86. The van der Waals surface area contributed by atoms with E-state index in [1.165, 1.54) is 88.2 Å². The Balaban J connectivity index is 1.22. The number of fused-ring (bicyclic) bond motifs is 1. The summed E-state index contributed by atoms with van der Waals surface area (Å²) in [5, 5.41) is 9.86. The van der Waals surface area contributed by atoms with E-state index >= 15 is 0 Å². The van der Waals surface area contributed by atoms with Crippen molar-refractivity contribution in [2.45, 2.75) is 129 Å². The summed E-state index contributed by atoms with van der Waals surface area (Å²) in [5.41, 5.74) is 8.01. The van der Waals surface area contributed by atoms with Gasteiger partial charge in [-0.15, -0.1) is 0 Å². The van der Waals surface area contributed by atoms with Crippen molar-refractivity contribution >= 4 is 0 Å². The third-order valence-corrected chi connectivity index (χ3v) is 9.84. The second-order valence-corrected chi connectivity index (χ2v) is 15.0. The van der Waals surface area contributed by atoms with Crippen molar-refractivity contribution in [2.75, 3.05) is 0 Å². The third kappa shape index (κ3) is 10.4. The molecule has 5 rings (SSSR count). The molecule has 0 saturated carbocycles. The van der Waals surface area contributed by atoms with Gasteiger partial charge in [-0.05, 0) is 70.3 Å². The molecule has 3 aromatic carbocycles. The molecule has 0 amide bonds. The van der Waals surface area contributed by atoms with Crippen LogP contribution in [0.4, 0.5) is 0 Å². The number of imidazole rings is 1. The Kier molecular flexibility index (Phi) is 12.9. The number of aryl methyl sites for hydroxylation is 1. The van der Waals surface area contributed by atoms with E-state index in [1.807, 2.05) is 18.3 Å². The minimum absolute atomic E-state index is 0.0801. The van der Waals surface area contributed by atoms with Gasteiger partial charge in [-0.2, -0.15) is 0 Å². The van der Waals surface area contributed by atoms with Crippen LogP contribution in [0.25, 0.3) is 17.1 Å². The van der Waals surface area contributed by atoms with Crippen molar-refractivity contribution in [3.05, 3.63) is 123 Å². The minimum atomic E-state index is -0.0890. The molecular formula is C44H57N3O2. The van der Waals surface area contributed by atoms with Crippen LogP contribution in [-0.2, 0) is 24.7 Å². The van der Waals surface area contributed by atoms with E-state index in [-0.39, 0.29) is 16.7 Å². The average molecular weight is 660 g/mol. The fraction of sp³-hybridized carbons (Fsp3) is 0.455. The average Bonchev–Trinajstić information content (AvgIpc) is 3.40. The summed E-state index contributed by atoms with van der Waals surface area (Å²) in [6.07, 6.45) is 20.4. The first-order valence-corrected chi connectivity index (χ1v) is 18.8. The SMILES string of the molecule is CCCCCCCCCCCCCCc1ccc(Cc2nc3c(Cc4ccc(C(C)(C)C)cc4)[nH]c(-c4ccc(O)cc4)cn-3c2=O)cc1. The Labute approximate surface area is 294 Å². The van der Waals surface area contributed by atoms with Gasteiger partial charge in [-0.1, -0.05) is 147 Å². The Hall–Kier alpha value is -4.12. The zero-order valence-electron chi connectivity index (χ0n) is 30.4. The standard InChI is InChI=1S/C44H57N3O2/c1-5-6-7-8-9-10-11-12-13-14-15-16-17-33-18-20-34(21-19-33)31-40-43(49)47-32-41(36-24-28-38(48)29-25-36)45-39(42(47)46-40)30-35-22-26-37(27-23-35)44(2,3)4/h18-29,32,45,48H,5-17,30-31H2,1-4H3. The third-order valence-electron chi connectivity index (χ3n) is 9.84. The van der Waals surface area contributed by atoms with Gasteiger partial charge in [0.05, 0.1) is 11.4 Å². The van der Waals surface area contributed by atoms with Gasteiger partial charge in [0.15, 0.2) is 5.82 Å². The normalized spacial score (nSPS) is 11.8. The van der Waals surface area contributed by atoms with E-state index in [2.05, 4.69) is 81.2 Å². The van der Waals surface area contributed by atoms with Crippen molar-refractivity contribution < 1.29 is 5.11 Å². The number of nitrogens with one attached hydrogen (secondary N) is 1. The summed E-state index contributed by atoms with van der Waals surface area (Å²) >= 11 is 0. The summed E-state index contributed by atoms with van der Waals surface area (Å²) in [7, 11) is 0. The van der Waals surface area contributed by atoms with Gasteiger partial charge in [-0.25, -0.2) is 4.98 Å². The molecular weight excluding hydrogens is 603 g/mol. The Morgan fingerprint density at radius 3 is 1.80 bits per heavy atom. The van der Waals surface area contributed by atoms with Gasteiger partial charge >= 0.3 is 0 Å². The molecule has 2 aliphatic rings. The highest BCUT2D eigenvalue weighted by Gasteiger charge is 2.21. The molecule has 3 aromatic rings. The number of phenols is 1. The number of phenolic OH excluding ortho intramolecular Hbond substituents is 1. The van der Waals surface area contributed by atoms with Gasteiger partial charge in [0.1, 0.15) is 11.4 Å². The van der Waals surface area contributed by atoms with E-state index in [4.69, 9.17) is 4.98 Å². The maximum absolute atomic E-state index is 13.8. The van der Waals surface area contributed by atoms with Crippen LogP contribution < -0.4 is 5.56 Å². The summed E-state index contributed by atoms with van der Waals surface area (Å²) in [5.74, 6) is 0.865. The number of hydrogen-bond donors (Lipinski definition) is 2. The highest BCUT2D eigenvalue weighted by molar-refractivity contribution is 5.61. The largest absolute Gasteiger partial charge is 0.508 e. The predicted molar refractivity (Wildman–Crippen MR) is 204 cm³/mol. The molecule has 2 heterocycles. The lowest BCUT2D eigenvalue weighted by Gasteiger charge is -2.19. The highest BCUT2D eigenvalue weighted by Crippen LogP contribution is 2.27. The number of aromatic amines is 1. The molecule has 2 N–H and O–H groups in total. The van der Waals surface area contributed by atoms with Crippen LogP contribution in [0.15, 0.2) is 83.8 Å². The van der Waals surface area contributed by atoms with Gasteiger partial charge in [0.2, 0.25) is 0 Å². The maximum atomic E-state index is 13.8. The van der Waals surface area contributed by atoms with E-state index in [9.17, 15) is 9.90 Å². The molecule has 0 aromatic heterocycles. The first-order chi connectivity index (χ1) is 23.7. The summed E-state index contributed by atoms with van der Waals surface area (Å²) in [4.78, 5) is 22.3. The van der Waals surface area contributed by atoms with Crippen molar-refractivity contribution in [3.63, 3.8) is 0 Å². The van der Waals surface area contributed by atoms with Gasteiger partial charge in [-0.3, -0.25) is 9.36 Å². The molecule has 5 nitrogen and oxygen atoms in total. The van der Waals surface area contributed by atoms with E-state index in [1.54, 1.807) is 16.7 Å². The van der Waals surface area contributed by atoms with Crippen molar-refractivity contribution in [2.24, 2.45) is 0 Å². The van der Waals surface area contributed by atoms with Crippen LogP contribution in [0.1, 0.15) is 138 Å². The number of hydrogen-bond acceptors (Lipinski definition) is 3. The van der Waals surface area contributed by atoms with Crippen molar-refractivity contribution in [3.8, 4) is 22.8 Å². The number of H-pyrrole nitrogens is 1. The van der Waals surface area contributed by atoms with Crippen molar-refractivity contribution in [1.82, 2.24) is 14.5 Å². The minimum Gasteiger partial charge on any atom is -0.508 e. The number of aromatic nitrogens is 3. The van der Waals surface area contributed by atoms with Gasteiger partial charge < -0.3 is 10.1 Å². The molecule has 0 fully saturated rings. The molecule has 260 valence electrons. The lowest BCUT2D eigenvalue weighted by Crippen LogP contribution is -2.18. The quantitative estimate of drug-likeness (QED) is 0.0920. The topological polar surface area (TPSA) is 70.9 Å². The van der Waals surface area contributed by atoms with Crippen molar-refractivity contribution in [1.29, 1.82) is 0 Å². The zero-order valence-corrected chi connectivity index (χ0v) is 30.4. The molecule has 0 spiro atoms. The molecule has 0 atom stereocenters. The number of unbranched alkanes of at least 4 members (excludes halogenated alkanes) is 11. The van der Waals surface area contributed by atoms with Crippen LogP contribution in [0.5, 0.6) is 5.75 Å². The molecule has 2 aliphatic heterocycles. The van der Waals surface area contributed by atoms with Crippen LogP contribution in [-0.4, -0.2) is 19.6 Å². The second-order valence-electron chi connectivity index (χ2n) is 15.0. The summed E-state index contributed by atoms with van der Waals surface area (Å²) in [6, 6.07) is 24.5. The van der Waals surface area contributed by atoms with Crippen LogP contribution >= 0.6 is 0 Å². The van der Waals surface area contributed by atoms with E-state index in [0.29, 0.717) is 24.4 Å². The molecule has 49 heavy (non-hydrogen) atoms. The zero-order chi connectivity index (χ0) is 34.6. The second kappa shape index (κ2) is 17.5. The van der Waals surface area contributed by atoms with Crippen LogP contribution in [0.3, 0.4) is 0 Å². The van der Waals surface area contributed by atoms with Gasteiger partial charge in [0, 0.05) is 19.0 Å². The van der Waals surface area contributed by atoms with Crippen LogP contribution in [0.2, 0.25) is 0 Å². The number of nitrogens with zero attached hydrogens (tertiary/aromatic N) is 2. The predicted octanol–water partition coefficient (Wildman–Crippen LogP) is 11.1. The van der Waals surface area contributed by atoms with E-state index in [0.717, 1.165) is 34.5 Å². The lowest BCUT2D eigenvalue weighted by molar-refractivity contribution is 0.475. The first kappa shape index (κ1) is 36.2. The maximum Gasteiger partial charge on any atom is 0.278 e. The number of rotatable bonds is 18. The fourth-order valence-corrected chi connectivity index (χ4v) is 6.72. The fourth-order valence-electron chi connectivity index (χ4n) is 6.72. The number of aromatic hydroxyl groups is 1. The Bertz CT molecular complexity index is 1740. The number of benzene rings is 3. The van der Waals surface area contributed by atoms with Crippen LogP contribution in [0, 0.1) is 0 Å².